The van der Waals surface area contributed by atoms with Crippen LogP contribution in [0.25, 0.3) is 0 Å². The van der Waals surface area contributed by atoms with E-state index in [1.807, 2.05) is 30.3 Å². The number of benzene rings is 3. The van der Waals surface area contributed by atoms with Gasteiger partial charge < -0.3 is 15.0 Å². The molecule has 1 fully saturated rings. The fourth-order valence-corrected chi connectivity index (χ4v) is 6.62. The number of hydrogen-bond donors (Lipinski definition) is 1. The lowest BCUT2D eigenvalue weighted by molar-refractivity contribution is -0.140. The zero-order valence-electron chi connectivity index (χ0n) is 24.3. The topological polar surface area (TPSA) is 96.0 Å². The maximum absolute atomic E-state index is 14.3. The Morgan fingerprint density at radius 3 is 2.35 bits per heavy atom. The molecule has 43 heavy (non-hydrogen) atoms. The number of methoxy groups -OCH3 is 1. The monoisotopic (exact) mass is 645 g/mol. The minimum Gasteiger partial charge on any atom is -0.497 e. The normalized spacial score (nSPS) is 14.5. The van der Waals surface area contributed by atoms with E-state index in [0.29, 0.717) is 21.4 Å². The SMILES string of the molecule is COc1cccc(N(CC(=O)N(Cc2ccc(Cl)cc2Cl)C(Cc2ccccc2)C(=O)NC2CCCCC2)S(C)(=O)=O)c1. The summed E-state index contributed by atoms with van der Waals surface area (Å²) in [6.07, 6.45) is 6.20. The third-order valence-electron chi connectivity index (χ3n) is 7.60. The zero-order chi connectivity index (χ0) is 31.0. The highest BCUT2D eigenvalue weighted by molar-refractivity contribution is 7.92. The van der Waals surface area contributed by atoms with Crippen molar-refractivity contribution >= 4 is 50.7 Å². The van der Waals surface area contributed by atoms with Crippen LogP contribution >= 0.6 is 23.2 Å². The third kappa shape index (κ3) is 9.11. The first-order valence-corrected chi connectivity index (χ1v) is 16.8. The number of halogens is 2. The predicted molar refractivity (Wildman–Crippen MR) is 171 cm³/mol. The smallest absolute Gasteiger partial charge is 0.244 e. The molecule has 0 radical (unpaired) electrons. The first kappa shape index (κ1) is 32.6. The molecular weight excluding hydrogens is 609 g/mol. The van der Waals surface area contributed by atoms with Gasteiger partial charge in [0.15, 0.2) is 0 Å². The lowest BCUT2D eigenvalue weighted by atomic mass is 9.94. The molecule has 3 aromatic rings. The molecule has 0 spiro atoms. The van der Waals surface area contributed by atoms with Crippen LogP contribution in [0.15, 0.2) is 72.8 Å². The number of carbonyl (C=O) groups is 2. The molecule has 0 saturated heterocycles. The zero-order valence-corrected chi connectivity index (χ0v) is 26.7. The summed E-state index contributed by atoms with van der Waals surface area (Å²) in [4.78, 5) is 29.7. The van der Waals surface area contributed by atoms with Crippen LogP contribution in [0.2, 0.25) is 10.0 Å². The molecule has 3 aromatic carbocycles. The van der Waals surface area contributed by atoms with Gasteiger partial charge in [-0.25, -0.2) is 8.42 Å². The van der Waals surface area contributed by atoms with E-state index in [-0.39, 0.29) is 30.6 Å². The molecule has 2 amide bonds. The van der Waals surface area contributed by atoms with Crippen molar-refractivity contribution in [2.24, 2.45) is 0 Å². The lowest BCUT2D eigenvalue weighted by Crippen LogP contribution is -2.55. The van der Waals surface area contributed by atoms with Crippen molar-refractivity contribution < 1.29 is 22.7 Å². The van der Waals surface area contributed by atoms with Gasteiger partial charge >= 0.3 is 0 Å². The van der Waals surface area contributed by atoms with Crippen molar-refractivity contribution in [3.8, 4) is 5.75 Å². The molecule has 0 aromatic heterocycles. The number of ether oxygens (including phenoxy) is 1. The molecule has 1 atom stereocenters. The summed E-state index contributed by atoms with van der Waals surface area (Å²) >= 11 is 12.7. The highest BCUT2D eigenvalue weighted by Gasteiger charge is 2.34. The molecule has 1 N–H and O–H groups in total. The van der Waals surface area contributed by atoms with Gasteiger partial charge in [0.25, 0.3) is 0 Å². The van der Waals surface area contributed by atoms with Gasteiger partial charge in [0, 0.05) is 35.1 Å². The molecule has 0 bridgehead atoms. The highest BCUT2D eigenvalue weighted by atomic mass is 35.5. The predicted octanol–water partition coefficient (Wildman–Crippen LogP) is 5.86. The number of anilines is 1. The van der Waals surface area contributed by atoms with E-state index in [1.165, 1.54) is 12.0 Å². The van der Waals surface area contributed by atoms with Gasteiger partial charge in [-0.3, -0.25) is 13.9 Å². The molecule has 4 rings (SSSR count). The molecule has 1 unspecified atom stereocenters. The van der Waals surface area contributed by atoms with Crippen LogP contribution < -0.4 is 14.4 Å². The second kappa shape index (κ2) is 14.9. The van der Waals surface area contributed by atoms with Crippen LogP contribution in [-0.2, 0) is 32.6 Å². The Morgan fingerprint density at radius 1 is 0.977 bits per heavy atom. The summed E-state index contributed by atoms with van der Waals surface area (Å²) in [7, 11) is -2.42. The number of carbonyl (C=O) groups excluding carboxylic acids is 2. The quantitative estimate of drug-likeness (QED) is 0.266. The summed E-state index contributed by atoms with van der Waals surface area (Å²) < 4.78 is 32.3. The Hall–Kier alpha value is -3.27. The number of nitrogens with zero attached hydrogens (tertiary/aromatic N) is 2. The average molecular weight is 647 g/mol. The van der Waals surface area contributed by atoms with Crippen molar-refractivity contribution in [3.63, 3.8) is 0 Å². The van der Waals surface area contributed by atoms with Crippen molar-refractivity contribution in [2.75, 3.05) is 24.2 Å². The van der Waals surface area contributed by atoms with Crippen LogP contribution in [0.3, 0.4) is 0 Å². The first-order chi connectivity index (χ1) is 20.5. The molecule has 0 heterocycles. The standard InChI is InChI=1S/C32H37Cl2N3O5S/c1-42-28-15-9-14-27(20-28)37(43(2,40)41)22-31(38)36(21-24-16-17-25(33)19-29(24)34)30(18-23-10-5-3-6-11-23)32(39)35-26-12-7-4-8-13-26/h3,5-6,9-11,14-17,19-20,26,30H,4,7-8,12-13,18,21-22H2,1-2H3,(H,35,39). The molecule has 1 aliphatic carbocycles. The fraction of sp³-hybridized carbons (Fsp3) is 0.375. The van der Waals surface area contributed by atoms with Crippen molar-refractivity contribution in [3.05, 3.63) is 94.0 Å². The van der Waals surface area contributed by atoms with E-state index in [4.69, 9.17) is 27.9 Å². The Labute approximate surface area is 264 Å². The number of sulfonamides is 1. The molecule has 8 nitrogen and oxygen atoms in total. The number of nitrogens with one attached hydrogen (secondary N) is 1. The molecule has 1 saturated carbocycles. The fourth-order valence-electron chi connectivity index (χ4n) is 5.31. The van der Waals surface area contributed by atoms with Crippen molar-refractivity contribution in [2.45, 2.75) is 57.2 Å². The third-order valence-corrected chi connectivity index (χ3v) is 9.33. The Morgan fingerprint density at radius 2 is 1.70 bits per heavy atom. The van der Waals surface area contributed by atoms with Gasteiger partial charge in [0.05, 0.1) is 19.1 Å². The lowest BCUT2D eigenvalue weighted by Gasteiger charge is -2.35. The minimum absolute atomic E-state index is 0.0138. The van der Waals surface area contributed by atoms with E-state index >= 15 is 0 Å². The van der Waals surface area contributed by atoms with Crippen LogP contribution in [0, 0.1) is 0 Å². The summed E-state index contributed by atoms with van der Waals surface area (Å²) in [5, 5.41) is 3.95. The van der Waals surface area contributed by atoms with E-state index < -0.39 is 28.5 Å². The summed E-state index contributed by atoms with van der Waals surface area (Å²) in [5.74, 6) is -0.405. The van der Waals surface area contributed by atoms with Gasteiger partial charge in [-0.1, -0.05) is 84.9 Å². The largest absolute Gasteiger partial charge is 0.497 e. The average Bonchev–Trinajstić information content (AvgIpc) is 2.99. The highest BCUT2D eigenvalue weighted by Crippen LogP contribution is 2.27. The van der Waals surface area contributed by atoms with E-state index in [9.17, 15) is 18.0 Å². The summed E-state index contributed by atoms with van der Waals surface area (Å²) in [5.41, 5.74) is 1.71. The van der Waals surface area contributed by atoms with Gasteiger partial charge in [0.2, 0.25) is 21.8 Å². The number of hydrogen-bond acceptors (Lipinski definition) is 5. The Balaban J connectivity index is 1.75. The van der Waals surface area contributed by atoms with Crippen LogP contribution in [0.4, 0.5) is 5.69 Å². The van der Waals surface area contributed by atoms with E-state index in [1.54, 1.807) is 42.5 Å². The summed E-state index contributed by atoms with van der Waals surface area (Å²) in [6.45, 7) is -0.556. The van der Waals surface area contributed by atoms with Crippen LogP contribution in [-0.4, -0.2) is 57.1 Å². The molecule has 230 valence electrons. The Kier molecular flexibility index (Phi) is 11.3. The molecule has 1 aliphatic rings. The summed E-state index contributed by atoms with van der Waals surface area (Å²) in [6, 6.07) is 19.9. The van der Waals surface area contributed by atoms with Crippen LogP contribution in [0.1, 0.15) is 43.2 Å². The first-order valence-electron chi connectivity index (χ1n) is 14.2. The maximum atomic E-state index is 14.3. The second-order valence-corrected chi connectivity index (χ2v) is 13.5. The van der Waals surface area contributed by atoms with Crippen molar-refractivity contribution in [1.29, 1.82) is 0 Å². The maximum Gasteiger partial charge on any atom is 0.244 e. The van der Waals surface area contributed by atoms with E-state index in [0.717, 1.165) is 48.2 Å². The number of rotatable bonds is 12. The van der Waals surface area contributed by atoms with Crippen molar-refractivity contribution in [1.82, 2.24) is 10.2 Å². The van der Waals surface area contributed by atoms with Gasteiger partial charge in [-0.15, -0.1) is 0 Å². The molecular formula is C32H37Cl2N3O5S. The minimum atomic E-state index is -3.90. The van der Waals surface area contributed by atoms with Gasteiger partial charge in [-0.05, 0) is 48.2 Å². The van der Waals surface area contributed by atoms with Gasteiger partial charge in [0.1, 0.15) is 18.3 Å². The van der Waals surface area contributed by atoms with Crippen LogP contribution in [0.5, 0.6) is 5.75 Å². The molecule has 0 aliphatic heterocycles. The van der Waals surface area contributed by atoms with E-state index in [2.05, 4.69) is 5.32 Å². The Bertz CT molecular complexity index is 1510. The van der Waals surface area contributed by atoms with Gasteiger partial charge in [-0.2, -0.15) is 0 Å². The molecule has 11 heteroatoms. The second-order valence-electron chi connectivity index (χ2n) is 10.8. The number of amides is 2.